The lowest BCUT2D eigenvalue weighted by Gasteiger charge is -2.25. The highest BCUT2D eigenvalue weighted by molar-refractivity contribution is 7.87. The molecule has 1 saturated carbocycles. The van der Waals surface area contributed by atoms with Gasteiger partial charge in [0, 0.05) is 0 Å². The summed E-state index contributed by atoms with van der Waals surface area (Å²) >= 11 is 0. The molecule has 0 spiro atoms. The smallest absolute Gasteiger partial charge is 0.283 e. The van der Waals surface area contributed by atoms with Crippen LogP contribution >= 0.6 is 0 Å². The van der Waals surface area contributed by atoms with Crippen molar-refractivity contribution in [2.24, 2.45) is 0 Å². The van der Waals surface area contributed by atoms with E-state index < -0.39 is 39.1 Å². The van der Waals surface area contributed by atoms with E-state index in [9.17, 15) is 43.5 Å². The second-order valence-electron chi connectivity index (χ2n) is 3.25. The lowest BCUT2D eigenvalue weighted by atomic mass is 10.2. The predicted molar refractivity (Wildman–Crippen MR) is 35.1 cm³/mol. The van der Waals surface area contributed by atoms with E-state index in [1.807, 2.05) is 0 Å². The fourth-order valence-corrected chi connectivity index (χ4v) is 2.13. The van der Waals surface area contributed by atoms with Gasteiger partial charge in [-0.25, -0.2) is 8.78 Å². The van der Waals surface area contributed by atoms with Crippen LogP contribution in [0.3, 0.4) is 0 Å². The van der Waals surface area contributed by atoms with Gasteiger partial charge in [0.05, 0.1) is 0 Å². The Morgan fingerprint density at radius 2 is 1.24 bits per heavy atom. The molecule has 12 heteroatoms. The SMILES string of the molecule is O=S(=O)(O)C1(F)C(F)C(F)(F)C(F)(F)C1(F)F. The highest BCUT2D eigenvalue weighted by Crippen LogP contribution is 2.64. The van der Waals surface area contributed by atoms with Crippen molar-refractivity contribution in [1.29, 1.82) is 0 Å². The zero-order valence-electron chi connectivity index (χ0n) is 7.27. The van der Waals surface area contributed by atoms with Gasteiger partial charge in [0.15, 0.2) is 0 Å². The third-order valence-corrected chi connectivity index (χ3v) is 3.47. The third kappa shape index (κ3) is 1.22. The van der Waals surface area contributed by atoms with Crippen molar-refractivity contribution in [2.45, 2.75) is 28.9 Å². The summed E-state index contributed by atoms with van der Waals surface area (Å²) in [5.41, 5.74) is 0. The molecule has 0 amide bonds. The summed E-state index contributed by atoms with van der Waals surface area (Å²) in [6, 6.07) is 0. The molecule has 2 atom stereocenters. The van der Waals surface area contributed by atoms with Crippen molar-refractivity contribution in [1.82, 2.24) is 0 Å². The maximum absolute atomic E-state index is 13.1. The van der Waals surface area contributed by atoms with Gasteiger partial charge in [-0.2, -0.15) is 34.8 Å². The van der Waals surface area contributed by atoms with E-state index in [2.05, 4.69) is 0 Å². The van der Waals surface area contributed by atoms with Crippen molar-refractivity contribution in [3.05, 3.63) is 0 Å². The van der Waals surface area contributed by atoms with Crippen LogP contribution in [-0.2, 0) is 10.1 Å². The summed E-state index contributed by atoms with van der Waals surface area (Å²) in [4.78, 5) is 0. The molecular weight excluding hydrogens is 292 g/mol. The Morgan fingerprint density at radius 1 is 0.882 bits per heavy atom. The Morgan fingerprint density at radius 3 is 1.35 bits per heavy atom. The Labute approximate surface area is 88.1 Å². The molecule has 102 valence electrons. The number of alkyl halides is 8. The zero-order valence-corrected chi connectivity index (χ0v) is 8.09. The normalized spacial score (nSPS) is 39.2. The molecule has 0 aromatic carbocycles. The summed E-state index contributed by atoms with van der Waals surface area (Å²) in [5.74, 6) is -19.5. The van der Waals surface area contributed by atoms with Gasteiger partial charge in [-0.15, -0.1) is 0 Å². The summed E-state index contributed by atoms with van der Waals surface area (Å²) in [6.07, 6.45) is -5.12. The molecule has 0 aromatic rings. The number of hydrogen-bond acceptors (Lipinski definition) is 2. The van der Waals surface area contributed by atoms with Crippen LogP contribution < -0.4 is 0 Å². The maximum atomic E-state index is 13.1. The molecule has 1 fully saturated rings. The van der Waals surface area contributed by atoms with E-state index >= 15 is 0 Å². The second kappa shape index (κ2) is 3.02. The molecule has 0 aromatic heterocycles. The molecule has 17 heavy (non-hydrogen) atoms. The van der Waals surface area contributed by atoms with E-state index in [1.54, 1.807) is 0 Å². The molecule has 3 nitrogen and oxygen atoms in total. The van der Waals surface area contributed by atoms with Crippen LogP contribution in [-0.4, -0.2) is 41.9 Å². The van der Waals surface area contributed by atoms with Crippen molar-refractivity contribution in [3.63, 3.8) is 0 Å². The predicted octanol–water partition coefficient (Wildman–Crippen LogP) is 1.80. The molecular formula is C5H2F8O3S. The first-order valence-electron chi connectivity index (χ1n) is 3.59. The molecule has 0 saturated heterocycles. The summed E-state index contributed by atoms with van der Waals surface area (Å²) in [5, 5.41) is -6.12. The fraction of sp³-hybridized carbons (Fsp3) is 1.00. The molecule has 1 aliphatic carbocycles. The Bertz CT molecular complexity index is 444. The molecule has 1 aliphatic rings. The van der Waals surface area contributed by atoms with Gasteiger partial charge in [-0.3, -0.25) is 4.55 Å². The van der Waals surface area contributed by atoms with Gasteiger partial charge >= 0.3 is 32.9 Å². The first kappa shape index (κ1) is 14.4. The summed E-state index contributed by atoms with van der Waals surface area (Å²) in [7, 11) is -6.85. The lowest BCUT2D eigenvalue weighted by molar-refractivity contribution is -0.283. The van der Waals surface area contributed by atoms with Crippen LogP contribution in [0, 0.1) is 0 Å². The van der Waals surface area contributed by atoms with E-state index in [0.29, 0.717) is 0 Å². The van der Waals surface area contributed by atoms with E-state index in [-0.39, 0.29) is 0 Å². The first-order valence-corrected chi connectivity index (χ1v) is 5.03. The highest BCUT2D eigenvalue weighted by atomic mass is 32.2. The molecule has 0 bridgehead atoms. The molecule has 2 unspecified atom stereocenters. The highest BCUT2D eigenvalue weighted by Gasteiger charge is 2.96. The molecule has 1 N–H and O–H groups in total. The van der Waals surface area contributed by atoms with Gasteiger partial charge in [-0.05, 0) is 0 Å². The van der Waals surface area contributed by atoms with Gasteiger partial charge in [0.1, 0.15) is 0 Å². The van der Waals surface area contributed by atoms with Gasteiger partial charge < -0.3 is 0 Å². The summed E-state index contributed by atoms with van der Waals surface area (Å²) in [6.45, 7) is 0. The van der Waals surface area contributed by atoms with Crippen LogP contribution in [0.25, 0.3) is 0 Å². The fourth-order valence-electron chi connectivity index (χ4n) is 1.27. The Kier molecular flexibility index (Phi) is 2.56. The van der Waals surface area contributed by atoms with Crippen LogP contribution in [0.2, 0.25) is 0 Å². The summed E-state index contributed by atoms with van der Waals surface area (Å²) < 4.78 is 129. The van der Waals surface area contributed by atoms with Crippen LogP contribution in [0.5, 0.6) is 0 Å². The van der Waals surface area contributed by atoms with Crippen molar-refractivity contribution >= 4 is 10.1 Å². The van der Waals surface area contributed by atoms with Crippen molar-refractivity contribution < 1.29 is 48.1 Å². The Balaban J connectivity index is 3.69. The van der Waals surface area contributed by atoms with E-state index in [4.69, 9.17) is 4.55 Å². The molecule has 0 radical (unpaired) electrons. The van der Waals surface area contributed by atoms with Gasteiger partial charge in [-0.1, -0.05) is 0 Å². The maximum Gasteiger partial charge on any atom is 0.379 e. The minimum Gasteiger partial charge on any atom is -0.283 e. The molecule has 0 heterocycles. The standard InChI is InChI=1S/C5H2F8O3S/c6-1-2(7,8)4(10,11)5(12,13)3(1,9)17(14,15)16/h1H,(H,14,15,16). The van der Waals surface area contributed by atoms with E-state index in [1.165, 1.54) is 0 Å². The monoisotopic (exact) mass is 294 g/mol. The van der Waals surface area contributed by atoms with Crippen molar-refractivity contribution in [3.8, 4) is 0 Å². The minimum absolute atomic E-state index is 5.12. The topological polar surface area (TPSA) is 54.4 Å². The number of halogens is 8. The molecule has 0 aliphatic heterocycles. The van der Waals surface area contributed by atoms with Gasteiger partial charge in [0.2, 0.25) is 6.17 Å². The lowest BCUT2D eigenvalue weighted by Crippen LogP contribution is -2.56. The average molecular weight is 294 g/mol. The average Bonchev–Trinajstić information content (AvgIpc) is 2.17. The van der Waals surface area contributed by atoms with Crippen LogP contribution in [0.4, 0.5) is 35.1 Å². The van der Waals surface area contributed by atoms with Gasteiger partial charge in [0.25, 0.3) is 0 Å². The largest absolute Gasteiger partial charge is 0.379 e. The van der Waals surface area contributed by atoms with E-state index in [0.717, 1.165) is 0 Å². The first-order chi connectivity index (χ1) is 7.15. The number of hydrogen-bond donors (Lipinski definition) is 1. The van der Waals surface area contributed by atoms with Crippen LogP contribution in [0.15, 0.2) is 0 Å². The zero-order chi connectivity index (χ0) is 14.1. The molecule has 1 rings (SSSR count). The quantitative estimate of drug-likeness (QED) is 0.592. The number of rotatable bonds is 1. The van der Waals surface area contributed by atoms with Crippen molar-refractivity contribution in [2.75, 3.05) is 0 Å². The minimum atomic E-state index is -6.85. The Hall–Kier alpha value is -0.650. The second-order valence-corrected chi connectivity index (χ2v) is 4.80. The third-order valence-electron chi connectivity index (χ3n) is 2.26. The van der Waals surface area contributed by atoms with Crippen LogP contribution in [0.1, 0.15) is 0 Å².